The number of amidine groups is 1. The van der Waals surface area contributed by atoms with E-state index in [1.54, 1.807) is 18.2 Å². The van der Waals surface area contributed by atoms with E-state index in [0.29, 0.717) is 21.4 Å². The standard InChI is InChI=1S/C10H11Cl2N3O/c1-10(2)15(13)9(14-16-10)7-4-3-6(11)5-8(7)12/h3-5H,13H2,1-2H3. The number of nitrogens with zero attached hydrogens (tertiary/aromatic N) is 2. The molecule has 1 aliphatic heterocycles. The highest BCUT2D eigenvalue weighted by atomic mass is 35.5. The van der Waals surface area contributed by atoms with Crippen LogP contribution in [0.3, 0.4) is 0 Å². The normalized spacial score (nSPS) is 18.3. The molecular formula is C10H11Cl2N3O. The van der Waals surface area contributed by atoms with Crippen molar-refractivity contribution in [3.63, 3.8) is 0 Å². The van der Waals surface area contributed by atoms with Gasteiger partial charge in [-0.2, -0.15) is 0 Å². The van der Waals surface area contributed by atoms with Gasteiger partial charge in [0.25, 0.3) is 0 Å². The van der Waals surface area contributed by atoms with Crippen molar-refractivity contribution >= 4 is 29.0 Å². The summed E-state index contributed by atoms with van der Waals surface area (Å²) in [6, 6.07) is 5.12. The Labute approximate surface area is 104 Å². The molecule has 0 bridgehead atoms. The summed E-state index contributed by atoms with van der Waals surface area (Å²) in [4.78, 5) is 5.20. The van der Waals surface area contributed by atoms with Crippen molar-refractivity contribution in [2.45, 2.75) is 19.6 Å². The molecule has 1 aromatic rings. The van der Waals surface area contributed by atoms with Crippen LogP contribution in [0.25, 0.3) is 0 Å². The maximum Gasteiger partial charge on any atom is 0.218 e. The SMILES string of the molecule is CC1(C)ON=C(c2ccc(Cl)cc2Cl)N1N. The van der Waals surface area contributed by atoms with Crippen molar-refractivity contribution in [3.05, 3.63) is 33.8 Å². The summed E-state index contributed by atoms with van der Waals surface area (Å²) in [5.41, 5.74) is 0.0253. The zero-order chi connectivity index (χ0) is 11.9. The average molecular weight is 260 g/mol. The Morgan fingerprint density at radius 3 is 2.56 bits per heavy atom. The van der Waals surface area contributed by atoms with E-state index in [0.717, 1.165) is 0 Å². The van der Waals surface area contributed by atoms with Gasteiger partial charge in [0, 0.05) is 10.6 Å². The van der Waals surface area contributed by atoms with Crippen LogP contribution in [0.5, 0.6) is 0 Å². The lowest BCUT2D eigenvalue weighted by atomic mass is 10.2. The number of oxime groups is 1. The molecule has 0 unspecified atom stereocenters. The molecule has 2 rings (SSSR count). The van der Waals surface area contributed by atoms with Crippen LogP contribution in [-0.2, 0) is 4.84 Å². The molecule has 2 N–H and O–H groups in total. The first kappa shape index (κ1) is 11.5. The van der Waals surface area contributed by atoms with Gasteiger partial charge in [-0.25, -0.2) is 10.9 Å². The molecule has 0 radical (unpaired) electrons. The lowest BCUT2D eigenvalue weighted by molar-refractivity contribution is -0.0691. The summed E-state index contributed by atoms with van der Waals surface area (Å²) in [7, 11) is 0. The van der Waals surface area contributed by atoms with E-state index in [-0.39, 0.29) is 0 Å². The van der Waals surface area contributed by atoms with Crippen molar-refractivity contribution in [3.8, 4) is 0 Å². The molecule has 0 aromatic heterocycles. The zero-order valence-electron chi connectivity index (χ0n) is 8.87. The number of halogens is 2. The maximum absolute atomic E-state index is 6.06. The largest absolute Gasteiger partial charge is 0.364 e. The first-order chi connectivity index (χ1) is 7.42. The molecule has 0 fully saturated rings. The van der Waals surface area contributed by atoms with Gasteiger partial charge in [-0.15, -0.1) is 0 Å². The van der Waals surface area contributed by atoms with Crippen LogP contribution in [0, 0.1) is 0 Å². The van der Waals surface area contributed by atoms with E-state index >= 15 is 0 Å². The molecule has 1 heterocycles. The van der Waals surface area contributed by atoms with E-state index in [9.17, 15) is 0 Å². The lowest BCUT2D eigenvalue weighted by Crippen LogP contribution is -2.49. The Balaban J connectivity index is 2.40. The first-order valence-electron chi connectivity index (χ1n) is 4.68. The molecule has 0 saturated carbocycles. The van der Waals surface area contributed by atoms with Crippen molar-refractivity contribution in [2.75, 3.05) is 0 Å². The van der Waals surface area contributed by atoms with Crippen molar-refractivity contribution in [2.24, 2.45) is 11.0 Å². The summed E-state index contributed by atoms with van der Waals surface area (Å²) >= 11 is 11.9. The number of hydrogen-bond acceptors (Lipinski definition) is 4. The summed E-state index contributed by atoms with van der Waals surface area (Å²) < 4.78 is 0. The van der Waals surface area contributed by atoms with Gasteiger partial charge in [0.05, 0.1) is 5.02 Å². The molecule has 16 heavy (non-hydrogen) atoms. The Morgan fingerprint density at radius 2 is 2.06 bits per heavy atom. The Morgan fingerprint density at radius 1 is 1.38 bits per heavy atom. The van der Waals surface area contributed by atoms with Gasteiger partial charge in [-0.05, 0) is 32.0 Å². The van der Waals surface area contributed by atoms with Gasteiger partial charge in [-0.3, -0.25) is 0 Å². The van der Waals surface area contributed by atoms with Crippen molar-refractivity contribution in [1.82, 2.24) is 5.01 Å². The number of rotatable bonds is 1. The van der Waals surface area contributed by atoms with Crippen molar-refractivity contribution in [1.29, 1.82) is 0 Å². The second-order valence-corrected chi connectivity index (χ2v) is 4.79. The van der Waals surface area contributed by atoms with Crippen LogP contribution in [0.1, 0.15) is 19.4 Å². The van der Waals surface area contributed by atoms with Crippen LogP contribution in [0.2, 0.25) is 10.0 Å². The van der Waals surface area contributed by atoms with Crippen molar-refractivity contribution < 1.29 is 4.84 Å². The molecule has 6 heteroatoms. The minimum atomic E-state index is -0.668. The third kappa shape index (κ3) is 1.84. The fraction of sp³-hybridized carbons (Fsp3) is 0.300. The molecule has 0 spiro atoms. The molecule has 0 saturated heterocycles. The second kappa shape index (κ2) is 3.80. The maximum atomic E-state index is 6.06. The van der Waals surface area contributed by atoms with Gasteiger partial charge in [0.1, 0.15) is 0 Å². The monoisotopic (exact) mass is 259 g/mol. The van der Waals surface area contributed by atoms with E-state index < -0.39 is 5.72 Å². The third-order valence-electron chi connectivity index (χ3n) is 2.34. The summed E-state index contributed by atoms with van der Waals surface area (Å²) in [5, 5.41) is 6.41. The van der Waals surface area contributed by atoms with E-state index in [2.05, 4.69) is 5.16 Å². The van der Waals surface area contributed by atoms with Gasteiger partial charge < -0.3 is 4.84 Å². The molecule has 86 valence electrons. The smallest absolute Gasteiger partial charge is 0.218 e. The zero-order valence-corrected chi connectivity index (χ0v) is 10.4. The summed E-state index contributed by atoms with van der Waals surface area (Å²) in [6.07, 6.45) is 0. The number of hydrogen-bond donors (Lipinski definition) is 1. The van der Waals surface area contributed by atoms with Gasteiger partial charge in [0.15, 0.2) is 5.84 Å². The highest BCUT2D eigenvalue weighted by molar-refractivity contribution is 6.37. The highest BCUT2D eigenvalue weighted by Crippen LogP contribution is 2.28. The molecule has 1 aliphatic rings. The first-order valence-corrected chi connectivity index (χ1v) is 5.44. The summed E-state index contributed by atoms with van der Waals surface area (Å²) in [6.45, 7) is 3.63. The predicted molar refractivity (Wildman–Crippen MR) is 64.2 cm³/mol. The number of nitrogens with two attached hydrogens (primary N) is 1. The van der Waals surface area contributed by atoms with Crippen LogP contribution in [0.4, 0.5) is 0 Å². The fourth-order valence-corrected chi connectivity index (χ4v) is 1.84. The number of hydrazine groups is 1. The van der Waals surface area contributed by atoms with E-state index in [4.69, 9.17) is 33.9 Å². The molecule has 0 atom stereocenters. The molecule has 0 aliphatic carbocycles. The highest BCUT2D eigenvalue weighted by Gasteiger charge is 2.36. The topological polar surface area (TPSA) is 50.8 Å². The van der Waals surface area contributed by atoms with Gasteiger partial charge >= 0.3 is 0 Å². The fourth-order valence-electron chi connectivity index (χ4n) is 1.35. The van der Waals surface area contributed by atoms with Crippen LogP contribution in [0.15, 0.2) is 23.4 Å². The predicted octanol–water partition coefficient (Wildman–Crippen LogP) is 2.60. The Hall–Kier alpha value is -0.970. The van der Waals surface area contributed by atoms with Crippen LogP contribution < -0.4 is 5.84 Å². The third-order valence-corrected chi connectivity index (χ3v) is 2.88. The number of benzene rings is 1. The molecular weight excluding hydrogens is 249 g/mol. The molecule has 0 amide bonds. The summed E-state index contributed by atoms with van der Waals surface area (Å²) in [5.74, 6) is 6.37. The van der Waals surface area contributed by atoms with E-state index in [1.165, 1.54) is 5.01 Å². The molecule has 1 aromatic carbocycles. The minimum absolute atomic E-state index is 0.489. The Kier molecular flexibility index (Phi) is 2.74. The second-order valence-electron chi connectivity index (χ2n) is 3.95. The van der Waals surface area contributed by atoms with Gasteiger partial charge in [0.2, 0.25) is 5.72 Å². The average Bonchev–Trinajstić information content (AvgIpc) is 2.44. The van der Waals surface area contributed by atoms with E-state index in [1.807, 2.05) is 13.8 Å². The van der Waals surface area contributed by atoms with Gasteiger partial charge in [-0.1, -0.05) is 28.4 Å². The Bertz CT molecular complexity index is 459. The minimum Gasteiger partial charge on any atom is -0.364 e. The van der Waals surface area contributed by atoms with Crippen LogP contribution >= 0.6 is 23.2 Å². The molecule has 4 nitrogen and oxygen atoms in total. The lowest BCUT2D eigenvalue weighted by Gasteiger charge is -2.26. The quantitative estimate of drug-likeness (QED) is 0.789. The van der Waals surface area contributed by atoms with Crippen LogP contribution in [-0.4, -0.2) is 16.6 Å².